The number of nitrogens with one attached hydrogen (secondary N) is 2. The third kappa shape index (κ3) is 7.47. The zero-order valence-corrected chi connectivity index (χ0v) is 21.9. The first-order chi connectivity index (χ1) is 17.2. The number of carbonyl (C=O) groups excluding carboxylic acids is 3. The molecule has 1 aliphatic heterocycles. The fraction of sp³-hybridized carbons (Fsp3) is 0.250. The molecular weight excluding hydrogens is 522 g/mol. The maximum absolute atomic E-state index is 12.8. The van der Waals surface area contributed by atoms with E-state index in [1.165, 1.54) is 35.9 Å². The van der Waals surface area contributed by atoms with Crippen LogP contribution in [0.15, 0.2) is 64.4 Å². The summed E-state index contributed by atoms with van der Waals surface area (Å²) >= 11 is 6.56. The van der Waals surface area contributed by atoms with E-state index in [1.807, 2.05) is 0 Å². The van der Waals surface area contributed by atoms with Crippen molar-refractivity contribution >= 4 is 62.2 Å². The van der Waals surface area contributed by atoms with Crippen LogP contribution in [0.25, 0.3) is 6.08 Å². The minimum atomic E-state index is -3.82. The van der Waals surface area contributed by atoms with Crippen LogP contribution in [0.3, 0.4) is 0 Å². The van der Waals surface area contributed by atoms with Crippen LogP contribution in [-0.4, -0.2) is 49.1 Å². The van der Waals surface area contributed by atoms with Crippen molar-refractivity contribution in [3.8, 4) is 0 Å². The zero-order chi connectivity index (χ0) is 26.1. The van der Waals surface area contributed by atoms with E-state index in [0.717, 1.165) is 5.56 Å². The molecule has 0 bridgehead atoms. The number of unbranched alkanes of at least 4 members (excludes halogenated alkanes) is 2. The van der Waals surface area contributed by atoms with Crippen molar-refractivity contribution in [1.29, 1.82) is 0 Å². The number of methoxy groups -OCH3 is 1. The SMILES string of the molecule is COC(=O)c1ccc(C=C2SC(=S)N(CCCCCC(=O)NNS(=O)(=O)c3ccccc3)C2=O)cc1. The summed E-state index contributed by atoms with van der Waals surface area (Å²) in [5.41, 5.74) is 3.39. The molecule has 2 aromatic carbocycles. The van der Waals surface area contributed by atoms with Gasteiger partial charge in [-0.2, -0.15) is 0 Å². The molecule has 0 saturated carbocycles. The Balaban J connectivity index is 1.40. The summed E-state index contributed by atoms with van der Waals surface area (Å²) in [4.78, 5) is 40.4. The number of esters is 1. The Bertz CT molecular complexity index is 1260. The van der Waals surface area contributed by atoms with E-state index in [-0.39, 0.29) is 17.2 Å². The van der Waals surface area contributed by atoms with Crippen molar-refractivity contribution in [3.05, 3.63) is 70.6 Å². The second kappa shape index (κ2) is 12.8. The number of carbonyl (C=O) groups is 3. The van der Waals surface area contributed by atoms with Crippen LogP contribution in [0.5, 0.6) is 0 Å². The molecule has 190 valence electrons. The maximum Gasteiger partial charge on any atom is 0.337 e. The minimum absolute atomic E-state index is 0.0565. The van der Waals surface area contributed by atoms with Gasteiger partial charge in [0.25, 0.3) is 15.9 Å². The predicted molar refractivity (Wildman–Crippen MR) is 141 cm³/mol. The van der Waals surface area contributed by atoms with Crippen LogP contribution < -0.4 is 10.3 Å². The quantitative estimate of drug-likeness (QED) is 0.145. The van der Waals surface area contributed by atoms with Gasteiger partial charge in [-0.25, -0.2) is 13.2 Å². The highest BCUT2D eigenvalue weighted by Crippen LogP contribution is 2.32. The summed E-state index contributed by atoms with van der Waals surface area (Å²) in [6.07, 6.45) is 3.68. The molecule has 2 N–H and O–H groups in total. The number of benzene rings is 2. The highest BCUT2D eigenvalue weighted by Gasteiger charge is 2.31. The largest absolute Gasteiger partial charge is 0.465 e. The van der Waals surface area contributed by atoms with Crippen LogP contribution in [0.1, 0.15) is 41.6 Å². The Morgan fingerprint density at radius 1 is 1.06 bits per heavy atom. The predicted octanol–water partition coefficient (Wildman–Crippen LogP) is 3.24. The van der Waals surface area contributed by atoms with Gasteiger partial charge in [0.05, 0.1) is 22.5 Å². The number of nitrogens with zero attached hydrogens (tertiary/aromatic N) is 1. The lowest BCUT2D eigenvalue weighted by atomic mass is 10.1. The molecule has 3 rings (SSSR count). The molecule has 0 atom stereocenters. The number of hydrazine groups is 1. The van der Waals surface area contributed by atoms with E-state index in [2.05, 4.69) is 15.0 Å². The lowest BCUT2D eigenvalue weighted by molar-refractivity contribution is -0.123. The van der Waals surface area contributed by atoms with Gasteiger partial charge >= 0.3 is 5.97 Å². The first-order valence-electron chi connectivity index (χ1n) is 11.0. The standard InChI is InChI=1S/C24H25N3O6S3/c1-33-23(30)18-13-11-17(12-14-18)16-20-22(29)27(24(34)35-20)15-7-3-6-10-21(28)25-26-36(31,32)19-8-4-2-5-9-19/h2,4-5,8-9,11-14,16,26H,3,6-7,10,15H2,1H3,(H,25,28). The van der Waals surface area contributed by atoms with Gasteiger partial charge in [0, 0.05) is 13.0 Å². The Kier molecular flexibility index (Phi) is 9.76. The number of hydrogen-bond donors (Lipinski definition) is 2. The van der Waals surface area contributed by atoms with Crippen molar-refractivity contribution in [2.45, 2.75) is 30.6 Å². The Labute approximate surface area is 219 Å². The molecule has 0 radical (unpaired) electrons. The van der Waals surface area contributed by atoms with Gasteiger partial charge in [0.1, 0.15) is 4.32 Å². The number of thiocarbonyl (C=S) groups is 1. The number of thioether (sulfide) groups is 1. The van der Waals surface area contributed by atoms with Gasteiger partial charge < -0.3 is 4.74 Å². The van der Waals surface area contributed by atoms with Gasteiger partial charge in [-0.15, -0.1) is 4.83 Å². The van der Waals surface area contributed by atoms with Crippen LogP contribution in [0.2, 0.25) is 0 Å². The van der Waals surface area contributed by atoms with Crippen LogP contribution in [0, 0.1) is 0 Å². The first-order valence-corrected chi connectivity index (χ1v) is 13.7. The number of ether oxygens (including phenoxy) is 1. The van der Waals surface area contributed by atoms with Crippen LogP contribution in [0.4, 0.5) is 0 Å². The minimum Gasteiger partial charge on any atom is -0.465 e. The highest BCUT2D eigenvalue weighted by molar-refractivity contribution is 8.26. The molecule has 1 heterocycles. The summed E-state index contributed by atoms with van der Waals surface area (Å²) in [6, 6.07) is 14.4. The Hall–Kier alpha value is -3.06. The zero-order valence-electron chi connectivity index (χ0n) is 19.4. The van der Waals surface area contributed by atoms with E-state index < -0.39 is 21.9 Å². The maximum atomic E-state index is 12.8. The fourth-order valence-corrected chi connectivity index (χ4v) is 5.44. The normalized spacial score (nSPS) is 14.8. The Morgan fingerprint density at radius 3 is 2.42 bits per heavy atom. The first kappa shape index (κ1) is 27.5. The Morgan fingerprint density at radius 2 is 1.75 bits per heavy atom. The number of sulfonamides is 1. The van der Waals surface area contributed by atoms with E-state index in [9.17, 15) is 22.8 Å². The van der Waals surface area contributed by atoms with Crippen molar-refractivity contribution in [2.75, 3.05) is 13.7 Å². The van der Waals surface area contributed by atoms with Crippen molar-refractivity contribution in [2.24, 2.45) is 0 Å². The van der Waals surface area contributed by atoms with Crippen molar-refractivity contribution in [3.63, 3.8) is 0 Å². The topological polar surface area (TPSA) is 122 Å². The molecule has 0 aromatic heterocycles. The van der Waals surface area contributed by atoms with Crippen LogP contribution >= 0.6 is 24.0 Å². The highest BCUT2D eigenvalue weighted by atomic mass is 32.2. The smallest absolute Gasteiger partial charge is 0.337 e. The molecule has 2 amide bonds. The van der Waals surface area contributed by atoms with E-state index >= 15 is 0 Å². The third-order valence-corrected chi connectivity index (χ3v) is 7.81. The summed E-state index contributed by atoms with van der Waals surface area (Å²) in [7, 11) is -2.50. The number of amides is 2. The molecule has 1 aliphatic rings. The molecule has 1 fully saturated rings. The monoisotopic (exact) mass is 547 g/mol. The molecule has 0 spiro atoms. The summed E-state index contributed by atoms with van der Waals surface area (Å²) < 4.78 is 29.4. The second-order valence-electron chi connectivity index (χ2n) is 7.72. The van der Waals surface area contributed by atoms with E-state index in [4.69, 9.17) is 12.2 Å². The van der Waals surface area contributed by atoms with Crippen LogP contribution in [-0.2, 0) is 24.3 Å². The summed E-state index contributed by atoms with van der Waals surface area (Å²) in [5.74, 6) is -1.06. The molecule has 1 saturated heterocycles. The molecule has 0 aliphatic carbocycles. The summed E-state index contributed by atoms with van der Waals surface area (Å²) in [6.45, 7) is 0.422. The number of hydrogen-bond acceptors (Lipinski definition) is 8. The van der Waals surface area contributed by atoms with Gasteiger partial charge in [-0.1, -0.05) is 60.7 Å². The molecule has 12 heteroatoms. The van der Waals surface area contributed by atoms with Gasteiger partial charge in [0.2, 0.25) is 5.91 Å². The molecule has 2 aromatic rings. The van der Waals surface area contributed by atoms with E-state index in [1.54, 1.807) is 48.5 Å². The van der Waals surface area contributed by atoms with Gasteiger partial charge in [-0.3, -0.25) is 19.9 Å². The lowest BCUT2D eigenvalue weighted by Gasteiger charge is -2.14. The lowest BCUT2D eigenvalue weighted by Crippen LogP contribution is -2.41. The molecule has 0 unspecified atom stereocenters. The van der Waals surface area contributed by atoms with Gasteiger partial charge in [-0.05, 0) is 48.7 Å². The average Bonchev–Trinajstić information content (AvgIpc) is 3.15. The molecule has 36 heavy (non-hydrogen) atoms. The second-order valence-corrected chi connectivity index (χ2v) is 11.1. The fourth-order valence-electron chi connectivity index (χ4n) is 3.25. The average molecular weight is 548 g/mol. The molecule has 9 nitrogen and oxygen atoms in total. The van der Waals surface area contributed by atoms with Crippen molar-refractivity contribution in [1.82, 2.24) is 15.2 Å². The molecular formula is C24H25N3O6S3. The number of rotatable bonds is 11. The third-order valence-electron chi connectivity index (χ3n) is 5.17. The van der Waals surface area contributed by atoms with Gasteiger partial charge in [0.15, 0.2) is 0 Å². The van der Waals surface area contributed by atoms with E-state index in [0.29, 0.717) is 40.6 Å². The van der Waals surface area contributed by atoms with Crippen molar-refractivity contribution < 1.29 is 27.5 Å². The summed E-state index contributed by atoms with van der Waals surface area (Å²) in [5, 5.41) is 0.